The van der Waals surface area contributed by atoms with E-state index in [0.717, 1.165) is 5.56 Å². The van der Waals surface area contributed by atoms with Crippen molar-refractivity contribution in [3.05, 3.63) is 54.1 Å². The zero-order chi connectivity index (χ0) is 18.2. The summed E-state index contributed by atoms with van der Waals surface area (Å²) < 4.78 is 43.5. The predicted molar refractivity (Wildman–Crippen MR) is 93.8 cm³/mol. The van der Waals surface area contributed by atoms with E-state index < -0.39 is 14.6 Å². The molecule has 6 nitrogen and oxygen atoms in total. The molecule has 2 aliphatic heterocycles. The zero-order valence-corrected chi connectivity index (χ0v) is 15.0. The summed E-state index contributed by atoms with van der Waals surface area (Å²) in [6, 6.07) is 8.38. The summed E-state index contributed by atoms with van der Waals surface area (Å²) >= 11 is 0. The van der Waals surface area contributed by atoms with E-state index in [-0.39, 0.29) is 30.1 Å². The third-order valence-corrected chi connectivity index (χ3v) is 7.94. The number of ether oxygens (including phenoxy) is 1. The van der Waals surface area contributed by atoms with Crippen molar-refractivity contribution in [3.63, 3.8) is 0 Å². The third-order valence-electron chi connectivity index (χ3n) is 5.33. The van der Waals surface area contributed by atoms with Gasteiger partial charge in [0.2, 0.25) is 0 Å². The van der Waals surface area contributed by atoms with Gasteiger partial charge in [-0.2, -0.15) is 0 Å². The van der Waals surface area contributed by atoms with E-state index >= 15 is 0 Å². The highest BCUT2D eigenvalue weighted by molar-refractivity contribution is 7.93. The monoisotopic (exact) mass is 377 g/mol. The molecule has 0 saturated carbocycles. The van der Waals surface area contributed by atoms with Gasteiger partial charge in [-0.05, 0) is 30.2 Å². The summed E-state index contributed by atoms with van der Waals surface area (Å²) in [5, 5.41) is 0. The van der Waals surface area contributed by atoms with Gasteiger partial charge < -0.3 is 4.74 Å². The highest BCUT2D eigenvalue weighted by atomic mass is 32.2. The average molecular weight is 377 g/mol. The molecule has 1 aromatic carbocycles. The van der Waals surface area contributed by atoms with Crippen molar-refractivity contribution in [1.29, 1.82) is 0 Å². The first kappa shape index (κ1) is 17.4. The van der Waals surface area contributed by atoms with Crippen LogP contribution >= 0.6 is 0 Å². The Hall–Kier alpha value is -2.06. The van der Waals surface area contributed by atoms with Crippen LogP contribution in [0.15, 0.2) is 42.7 Å². The second-order valence-corrected chi connectivity index (χ2v) is 9.44. The number of nitrogens with zero attached hydrogens (tertiary/aromatic N) is 3. The molecule has 0 aliphatic carbocycles. The molecule has 0 amide bonds. The lowest BCUT2D eigenvalue weighted by atomic mass is 9.83. The lowest BCUT2D eigenvalue weighted by Crippen LogP contribution is -2.67. The second-order valence-electron chi connectivity index (χ2n) is 6.99. The quantitative estimate of drug-likeness (QED) is 0.790. The molecule has 0 unspecified atom stereocenters. The Morgan fingerprint density at radius 3 is 2.73 bits per heavy atom. The molecule has 1 spiro atoms. The third kappa shape index (κ3) is 3.07. The van der Waals surface area contributed by atoms with Crippen molar-refractivity contribution in [3.8, 4) is 6.01 Å². The largest absolute Gasteiger partial charge is 0.463 e. The van der Waals surface area contributed by atoms with Gasteiger partial charge in [0, 0.05) is 37.9 Å². The first-order valence-corrected chi connectivity index (χ1v) is 10.2. The highest BCUT2D eigenvalue weighted by Gasteiger charge is 2.61. The van der Waals surface area contributed by atoms with Crippen molar-refractivity contribution in [2.24, 2.45) is 5.92 Å². The molecule has 1 aromatic heterocycles. The normalized spacial score (nSPS) is 23.7. The predicted octanol–water partition coefficient (Wildman–Crippen LogP) is 1.68. The molecular formula is C18H20FN3O3S. The molecule has 2 saturated heterocycles. The average Bonchev–Trinajstić information content (AvgIpc) is 2.85. The molecule has 3 heterocycles. The van der Waals surface area contributed by atoms with Crippen molar-refractivity contribution in [2.45, 2.75) is 17.7 Å². The maximum Gasteiger partial charge on any atom is 0.316 e. The zero-order valence-electron chi connectivity index (χ0n) is 14.2. The van der Waals surface area contributed by atoms with Crippen molar-refractivity contribution >= 4 is 9.84 Å². The number of hydrogen-bond donors (Lipinski definition) is 0. The van der Waals surface area contributed by atoms with Crippen LogP contribution in [0.4, 0.5) is 4.39 Å². The molecule has 2 aliphatic rings. The summed E-state index contributed by atoms with van der Waals surface area (Å²) in [4.78, 5) is 10.1. The number of halogens is 1. The van der Waals surface area contributed by atoms with Crippen LogP contribution in [-0.4, -0.2) is 53.5 Å². The van der Waals surface area contributed by atoms with Crippen LogP contribution < -0.4 is 4.74 Å². The number of benzene rings is 1. The van der Waals surface area contributed by atoms with Gasteiger partial charge in [-0.1, -0.05) is 12.1 Å². The van der Waals surface area contributed by atoms with Gasteiger partial charge in [0.25, 0.3) is 0 Å². The van der Waals surface area contributed by atoms with E-state index in [4.69, 9.17) is 4.74 Å². The SMILES string of the molecule is O=S1(=O)CC[C@H](COc2ncccn2)C12CN(Cc1cccc(F)c1)C2. The highest BCUT2D eigenvalue weighted by Crippen LogP contribution is 2.45. The summed E-state index contributed by atoms with van der Waals surface area (Å²) in [7, 11) is -3.17. The Balaban J connectivity index is 1.43. The molecule has 1 atom stereocenters. The Kier molecular flexibility index (Phi) is 4.40. The van der Waals surface area contributed by atoms with Gasteiger partial charge in [-0.3, -0.25) is 4.90 Å². The molecular weight excluding hydrogens is 357 g/mol. The van der Waals surface area contributed by atoms with Gasteiger partial charge in [0.05, 0.1) is 12.4 Å². The lowest BCUT2D eigenvalue weighted by Gasteiger charge is -2.50. The summed E-state index contributed by atoms with van der Waals surface area (Å²) in [5.74, 6) is -0.176. The van der Waals surface area contributed by atoms with E-state index in [1.807, 2.05) is 11.0 Å². The number of likely N-dealkylation sites (tertiary alicyclic amines) is 1. The lowest BCUT2D eigenvalue weighted by molar-refractivity contribution is 0.0571. The standard InChI is InChI=1S/C18H20FN3O3S/c19-16-4-1-3-14(9-16)10-22-12-18(13-22)15(5-8-26(18,23)24)11-25-17-20-6-2-7-21-17/h1-4,6-7,9,15H,5,8,10-13H2/t15-/m1/s1. The van der Waals surface area contributed by atoms with Crippen molar-refractivity contribution in [2.75, 3.05) is 25.4 Å². The molecule has 2 fully saturated rings. The van der Waals surface area contributed by atoms with Crippen molar-refractivity contribution in [1.82, 2.24) is 14.9 Å². The van der Waals surface area contributed by atoms with E-state index in [1.165, 1.54) is 12.1 Å². The Morgan fingerprint density at radius 2 is 2.00 bits per heavy atom. The molecule has 2 aromatic rings. The van der Waals surface area contributed by atoms with Gasteiger partial charge in [0.1, 0.15) is 10.6 Å². The Bertz CT molecular complexity index is 886. The van der Waals surface area contributed by atoms with E-state index in [9.17, 15) is 12.8 Å². The van der Waals surface area contributed by atoms with Crippen LogP contribution in [0.1, 0.15) is 12.0 Å². The molecule has 8 heteroatoms. The molecule has 0 N–H and O–H groups in total. The Morgan fingerprint density at radius 1 is 1.23 bits per heavy atom. The number of hydrogen-bond acceptors (Lipinski definition) is 6. The molecule has 4 rings (SSSR count). The van der Waals surface area contributed by atoms with Crippen molar-refractivity contribution < 1.29 is 17.5 Å². The molecule has 0 bridgehead atoms. The molecule has 138 valence electrons. The summed E-state index contributed by atoms with van der Waals surface area (Å²) in [6.45, 7) is 1.74. The van der Waals surface area contributed by atoms with Crippen LogP contribution in [-0.2, 0) is 16.4 Å². The van der Waals surface area contributed by atoms with E-state index in [1.54, 1.807) is 24.5 Å². The minimum absolute atomic E-state index is 0.0833. The number of sulfone groups is 1. The Labute approximate surface area is 151 Å². The summed E-state index contributed by atoms with van der Waals surface area (Å²) in [6.07, 6.45) is 3.77. The first-order valence-electron chi connectivity index (χ1n) is 8.57. The van der Waals surface area contributed by atoms with Gasteiger partial charge >= 0.3 is 6.01 Å². The van der Waals surface area contributed by atoms with E-state index in [0.29, 0.717) is 26.1 Å². The fourth-order valence-corrected chi connectivity index (χ4v) is 6.41. The summed E-state index contributed by atoms with van der Waals surface area (Å²) in [5.41, 5.74) is 0.848. The van der Waals surface area contributed by atoms with Crippen LogP contribution in [0.5, 0.6) is 6.01 Å². The topological polar surface area (TPSA) is 72.4 Å². The van der Waals surface area contributed by atoms with E-state index in [2.05, 4.69) is 9.97 Å². The van der Waals surface area contributed by atoms with Gasteiger partial charge in [-0.25, -0.2) is 22.8 Å². The number of aromatic nitrogens is 2. The minimum Gasteiger partial charge on any atom is -0.463 e. The fraction of sp³-hybridized carbons (Fsp3) is 0.444. The maximum atomic E-state index is 13.3. The van der Waals surface area contributed by atoms with Crippen LogP contribution in [0, 0.1) is 11.7 Å². The minimum atomic E-state index is -3.17. The van der Waals surface area contributed by atoms with Crippen LogP contribution in [0.25, 0.3) is 0 Å². The fourth-order valence-electron chi connectivity index (χ4n) is 3.96. The number of rotatable bonds is 5. The molecule has 0 radical (unpaired) electrons. The maximum absolute atomic E-state index is 13.3. The smallest absolute Gasteiger partial charge is 0.316 e. The molecule has 26 heavy (non-hydrogen) atoms. The second kappa shape index (κ2) is 6.59. The first-order chi connectivity index (χ1) is 12.5. The van der Waals surface area contributed by atoms with Gasteiger partial charge in [0.15, 0.2) is 9.84 Å². The van der Waals surface area contributed by atoms with Crippen LogP contribution in [0.3, 0.4) is 0 Å². The van der Waals surface area contributed by atoms with Gasteiger partial charge in [-0.15, -0.1) is 0 Å². The van der Waals surface area contributed by atoms with Crippen LogP contribution in [0.2, 0.25) is 0 Å².